The van der Waals surface area contributed by atoms with Crippen LogP contribution in [0.3, 0.4) is 0 Å². The van der Waals surface area contributed by atoms with Crippen molar-refractivity contribution in [3.63, 3.8) is 0 Å². The van der Waals surface area contributed by atoms with Gasteiger partial charge in [0.2, 0.25) is 0 Å². The van der Waals surface area contributed by atoms with E-state index in [0.29, 0.717) is 23.6 Å². The molecule has 5 nitrogen and oxygen atoms in total. The van der Waals surface area contributed by atoms with Crippen molar-refractivity contribution < 1.29 is 9.53 Å². The smallest absolute Gasteiger partial charge is 0.251 e. The van der Waals surface area contributed by atoms with Crippen LogP contribution in [0.2, 0.25) is 0 Å². The van der Waals surface area contributed by atoms with Gasteiger partial charge in [0, 0.05) is 18.2 Å². The molecule has 1 fully saturated rings. The summed E-state index contributed by atoms with van der Waals surface area (Å²) in [5.74, 6) is 0.551. The van der Waals surface area contributed by atoms with Crippen molar-refractivity contribution in [2.24, 2.45) is 0 Å². The number of likely N-dealkylation sites (tertiary alicyclic amines) is 1. The lowest BCUT2D eigenvalue weighted by atomic mass is 10.1. The summed E-state index contributed by atoms with van der Waals surface area (Å²) in [4.78, 5) is 14.3. The Hall–Kier alpha value is -1.75. The average molecular weight is 263 g/mol. The van der Waals surface area contributed by atoms with Gasteiger partial charge in [0.25, 0.3) is 5.91 Å². The molecule has 1 amide bonds. The van der Waals surface area contributed by atoms with Crippen molar-refractivity contribution in [3.05, 3.63) is 23.8 Å². The van der Waals surface area contributed by atoms with E-state index in [4.69, 9.17) is 10.5 Å². The molecular weight excluding hydrogens is 242 g/mol. The van der Waals surface area contributed by atoms with Crippen LogP contribution in [-0.2, 0) is 0 Å². The van der Waals surface area contributed by atoms with Crippen molar-refractivity contribution in [1.29, 1.82) is 0 Å². The molecule has 1 atom stereocenters. The predicted molar refractivity (Wildman–Crippen MR) is 75.4 cm³/mol. The fourth-order valence-corrected chi connectivity index (χ4v) is 2.30. The summed E-state index contributed by atoms with van der Waals surface area (Å²) in [6, 6.07) is 5.38. The van der Waals surface area contributed by atoms with E-state index in [1.165, 1.54) is 0 Å². The van der Waals surface area contributed by atoms with E-state index < -0.39 is 0 Å². The maximum absolute atomic E-state index is 12.1. The molecule has 0 spiro atoms. The number of hydrogen-bond acceptors (Lipinski definition) is 4. The largest absolute Gasteiger partial charge is 0.492 e. The molecule has 1 unspecified atom stereocenters. The van der Waals surface area contributed by atoms with E-state index >= 15 is 0 Å². The normalized spacial score (nSPS) is 19.4. The second-order valence-electron chi connectivity index (χ2n) is 4.91. The number of carbonyl (C=O) groups is 1. The molecule has 1 aliphatic heterocycles. The Bertz CT molecular complexity index is 462. The van der Waals surface area contributed by atoms with Gasteiger partial charge < -0.3 is 20.7 Å². The number of benzene rings is 1. The van der Waals surface area contributed by atoms with Gasteiger partial charge in [-0.1, -0.05) is 0 Å². The molecule has 1 aromatic rings. The van der Waals surface area contributed by atoms with Gasteiger partial charge in [0.1, 0.15) is 5.75 Å². The van der Waals surface area contributed by atoms with Gasteiger partial charge >= 0.3 is 0 Å². The average Bonchev–Trinajstić information content (AvgIpc) is 2.77. The predicted octanol–water partition coefficient (Wildman–Crippen LogP) is 1.10. The molecular formula is C14H21N3O2. The molecule has 0 saturated carbocycles. The molecule has 0 aliphatic carbocycles. The first-order chi connectivity index (χ1) is 9.10. The second-order valence-corrected chi connectivity index (χ2v) is 4.91. The quantitative estimate of drug-likeness (QED) is 0.798. The minimum absolute atomic E-state index is 0.0740. The van der Waals surface area contributed by atoms with E-state index in [1.807, 2.05) is 6.92 Å². The lowest BCUT2D eigenvalue weighted by Crippen LogP contribution is -2.36. The molecule has 1 aliphatic rings. The molecule has 1 heterocycles. The maximum Gasteiger partial charge on any atom is 0.251 e. The number of rotatable bonds is 4. The van der Waals surface area contributed by atoms with Crippen molar-refractivity contribution in [3.8, 4) is 5.75 Å². The van der Waals surface area contributed by atoms with E-state index in [-0.39, 0.29) is 11.9 Å². The van der Waals surface area contributed by atoms with Crippen LogP contribution in [0.1, 0.15) is 23.7 Å². The minimum Gasteiger partial charge on any atom is -0.492 e. The molecule has 5 heteroatoms. The van der Waals surface area contributed by atoms with Crippen LogP contribution in [0.5, 0.6) is 5.75 Å². The summed E-state index contributed by atoms with van der Waals surface area (Å²) < 4.78 is 5.36. The minimum atomic E-state index is -0.0740. The van der Waals surface area contributed by atoms with Gasteiger partial charge in [-0.3, -0.25) is 4.79 Å². The van der Waals surface area contributed by atoms with Gasteiger partial charge in [0.15, 0.2) is 0 Å². The van der Waals surface area contributed by atoms with Gasteiger partial charge in [-0.15, -0.1) is 0 Å². The monoisotopic (exact) mass is 263 g/mol. The Balaban J connectivity index is 2.01. The van der Waals surface area contributed by atoms with Crippen molar-refractivity contribution in [2.75, 3.05) is 32.5 Å². The third-order valence-corrected chi connectivity index (χ3v) is 3.30. The number of carbonyl (C=O) groups excluding carboxylic acids is 1. The summed E-state index contributed by atoms with van der Waals surface area (Å²) in [5, 5.41) is 3.03. The molecule has 104 valence electrons. The van der Waals surface area contributed by atoms with E-state index in [9.17, 15) is 4.79 Å². The van der Waals surface area contributed by atoms with E-state index in [1.54, 1.807) is 18.2 Å². The summed E-state index contributed by atoms with van der Waals surface area (Å²) in [6.07, 6.45) is 0.995. The first-order valence-corrected chi connectivity index (χ1v) is 6.62. The Morgan fingerprint density at radius 3 is 2.95 bits per heavy atom. The SMILES string of the molecule is CCOc1ccc(C(=O)NC2CCN(C)C2)cc1N. The lowest BCUT2D eigenvalue weighted by Gasteiger charge is -2.14. The van der Waals surface area contributed by atoms with E-state index in [0.717, 1.165) is 19.5 Å². The number of nitrogens with zero attached hydrogens (tertiary/aromatic N) is 1. The number of hydrogen-bond donors (Lipinski definition) is 2. The molecule has 1 aromatic carbocycles. The third kappa shape index (κ3) is 3.38. The number of anilines is 1. The molecule has 3 N–H and O–H groups in total. The number of likely N-dealkylation sites (N-methyl/N-ethyl adjacent to an activating group) is 1. The zero-order valence-corrected chi connectivity index (χ0v) is 11.5. The van der Waals surface area contributed by atoms with Gasteiger partial charge in [-0.2, -0.15) is 0 Å². The van der Waals surface area contributed by atoms with Crippen LogP contribution in [0, 0.1) is 0 Å². The van der Waals surface area contributed by atoms with Crippen LogP contribution in [-0.4, -0.2) is 43.6 Å². The summed E-state index contributed by atoms with van der Waals surface area (Å²) in [6.45, 7) is 4.38. The highest BCUT2D eigenvalue weighted by atomic mass is 16.5. The first kappa shape index (κ1) is 13.7. The van der Waals surface area contributed by atoms with Crippen LogP contribution >= 0.6 is 0 Å². The molecule has 0 radical (unpaired) electrons. The van der Waals surface area contributed by atoms with Crippen molar-refractivity contribution in [2.45, 2.75) is 19.4 Å². The van der Waals surface area contributed by atoms with Crippen molar-refractivity contribution in [1.82, 2.24) is 10.2 Å². The molecule has 2 rings (SSSR count). The Labute approximate surface area is 113 Å². The van der Waals surface area contributed by atoms with Gasteiger partial charge in [-0.05, 0) is 45.1 Å². The maximum atomic E-state index is 12.1. The fraction of sp³-hybridized carbons (Fsp3) is 0.500. The zero-order valence-electron chi connectivity index (χ0n) is 11.5. The highest BCUT2D eigenvalue weighted by Gasteiger charge is 2.21. The number of nitrogens with two attached hydrogens (primary N) is 1. The number of ether oxygens (including phenoxy) is 1. The molecule has 0 aromatic heterocycles. The number of amides is 1. The Morgan fingerprint density at radius 2 is 2.37 bits per heavy atom. The molecule has 19 heavy (non-hydrogen) atoms. The number of nitrogen functional groups attached to an aromatic ring is 1. The Morgan fingerprint density at radius 1 is 1.58 bits per heavy atom. The highest BCUT2D eigenvalue weighted by Crippen LogP contribution is 2.22. The summed E-state index contributed by atoms with van der Waals surface area (Å²) in [5.41, 5.74) is 6.94. The Kier molecular flexibility index (Phi) is 4.27. The topological polar surface area (TPSA) is 67.6 Å². The van der Waals surface area contributed by atoms with Crippen LogP contribution < -0.4 is 15.8 Å². The fourth-order valence-electron chi connectivity index (χ4n) is 2.30. The number of nitrogens with one attached hydrogen (secondary N) is 1. The highest BCUT2D eigenvalue weighted by molar-refractivity contribution is 5.95. The van der Waals surface area contributed by atoms with Crippen LogP contribution in [0.15, 0.2) is 18.2 Å². The first-order valence-electron chi connectivity index (χ1n) is 6.62. The lowest BCUT2D eigenvalue weighted by molar-refractivity contribution is 0.0938. The second kappa shape index (κ2) is 5.93. The third-order valence-electron chi connectivity index (χ3n) is 3.30. The van der Waals surface area contributed by atoms with Crippen LogP contribution in [0.4, 0.5) is 5.69 Å². The van der Waals surface area contributed by atoms with E-state index in [2.05, 4.69) is 17.3 Å². The van der Waals surface area contributed by atoms with Gasteiger partial charge in [-0.25, -0.2) is 0 Å². The summed E-state index contributed by atoms with van der Waals surface area (Å²) >= 11 is 0. The van der Waals surface area contributed by atoms with Crippen molar-refractivity contribution >= 4 is 11.6 Å². The summed E-state index contributed by atoms with van der Waals surface area (Å²) in [7, 11) is 2.06. The molecule has 0 bridgehead atoms. The molecule has 1 saturated heterocycles. The van der Waals surface area contributed by atoms with Gasteiger partial charge in [0.05, 0.1) is 12.3 Å². The zero-order chi connectivity index (χ0) is 13.8. The standard InChI is InChI=1S/C14H21N3O2/c1-3-19-13-5-4-10(8-12(13)15)14(18)16-11-6-7-17(2)9-11/h4-5,8,11H,3,6-7,9,15H2,1-2H3,(H,16,18). The van der Waals surface area contributed by atoms with Crippen LogP contribution in [0.25, 0.3) is 0 Å².